The number of aryl methyl sites for hydroxylation is 1. The first-order chi connectivity index (χ1) is 11.7. The van der Waals surface area contributed by atoms with Crippen LogP contribution in [0.3, 0.4) is 0 Å². The van der Waals surface area contributed by atoms with E-state index in [4.69, 9.17) is 0 Å². The summed E-state index contributed by atoms with van der Waals surface area (Å²) in [7, 11) is -3.64. The van der Waals surface area contributed by atoms with Crippen LogP contribution in [0.4, 0.5) is 5.69 Å². The van der Waals surface area contributed by atoms with Gasteiger partial charge in [0.1, 0.15) is 0 Å². The number of pyridine rings is 1. The van der Waals surface area contributed by atoms with Crippen molar-refractivity contribution in [3.05, 3.63) is 54.4 Å². The lowest BCUT2D eigenvalue weighted by Crippen LogP contribution is -2.40. The minimum atomic E-state index is -3.64. The Balaban J connectivity index is 2.02. The van der Waals surface area contributed by atoms with E-state index in [9.17, 15) is 13.2 Å². The molecule has 0 radical (unpaired) electrons. The largest absolute Gasteiger partial charge is 0.326 e. The third kappa shape index (κ3) is 6.28. The van der Waals surface area contributed by atoms with Crippen LogP contribution in [0.5, 0.6) is 0 Å². The van der Waals surface area contributed by atoms with E-state index in [1.165, 1.54) is 12.1 Å². The minimum absolute atomic E-state index is 0.118. The second-order valence-corrected chi connectivity index (χ2v) is 8.48. The molecule has 0 bridgehead atoms. The summed E-state index contributed by atoms with van der Waals surface area (Å²) in [5, 5.41) is 2.74. The molecule has 0 atom stereocenters. The molecule has 0 spiro atoms. The number of sulfonamides is 1. The fourth-order valence-electron chi connectivity index (χ4n) is 2.23. The summed E-state index contributed by atoms with van der Waals surface area (Å²) in [5.41, 5.74) is 0.846. The molecule has 1 amide bonds. The van der Waals surface area contributed by atoms with Crippen molar-refractivity contribution in [3.63, 3.8) is 0 Å². The zero-order chi connectivity index (χ0) is 18.5. The highest BCUT2D eigenvalue weighted by Gasteiger charge is 2.22. The number of nitrogens with zero attached hydrogens (tertiary/aromatic N) is 1. The van der Waals surface area contributed by atoms with Crippen molar-refractivity contribution < 1.29 is 13.2 Å². The molecule has 0 unspecified atom stereocenters. The van der Waals surface area contributed by atoms with E-state index < -0.39 is 15.6 Å². The first-order valence-electron chi connectivity index (χ1n) is 7.98. The summed E-state index contributed by atoms with van der Waals surface area (Å²) in [6, 6.07) is 9.96. The van der Waals surface area contributed by atoms with Crippen LogP contribution in [0.2, 0.25) is 0 Å². The SMILES string of the molecule is CC(C)(C)NS(=O)(=O)c1cccc(NC(=O)CCc2cccnc2)c1. The van der Waals surface area contributed by atoms with Crippen molar-refractivity contribution in [2.75, 3.05) is 5.32 Å². The normalized spacial score (nSPS) is 12.0. The fourth-order valence-corrected chi connectivity index (χ4v) is 3.69. The number of benzene rings is 1. The van der Waals surface area contributed by atoms with Crippen LogP contribution in [0.1, 0.15) is 32.8 Å². The smallest absolute Gasteiger partial charge is 0.241 e. The topological polar surface area (TPSA) is 88.2 Å². The number of rotatable bonds is 6. The average molecular weight is 361 g/mol. The molecular weight excluding hydrogens is 338 g/mol. The maximum Gasteiger partial charge on any atom is 0.241 e. The molecule has 1 aromatic heterocycles. The lowest BCUT2D eigenvalue weighted by molar-refractivity contribution is -0.116. The molecule has 0 aliphatic carbocycles. The van der Waals surface area contributed by atoms with E-state index in [2.05, 4.69) is 15.0 Å². The third-order valence-corrected chi connectivity index (χ3v) is 4.99. The molecule has 0 saturated heterocycles. The molecule has 6 nitrogen and oxygen atoms in total. The van der Waals surface area contributed by atoms with E-state index in [-0.39, 0.29) is 10.8 Å². The average Bonchev–Trinajstić information content (AvgIpc) is 2.52. The Morgan fingerprint density at radius 3 is 2.56 bits per heavy atom. The van der Waals surface area contributed by atoms with E-state index in [0.717, 1.165) is 5.56 Å². The van der Waals surface area contributed by atoms with Gasteiger partial charge in [-0.2, -0.15) is 0 Å². The summed E-state index contributed by atoms with van der Waals surface area (Å²) < 4.78 is 27.3. The van der Waals surface area contributed by atoms with E-state index in [0.29, 0.717) is 18.5 Å². The van der Waals surface area contributed by atoms with Crippen LogP contribution in [-0.2, 0) is 21.2 Å². The molecule has 1 heterocycles. The zero-order valence-electron chi connectivity index (χ0n) is 14.6. The predicted molar refractivity (Wildman–Crippen MR) is 97.7 cm³/mol. The lowest BCUT2D eigenvalue weighted by atomic mass is 10.1. The number of amides is 1. The Morgan fingerprint density at radius 2 is 1.92 bits per heavy atom. The fraction of sp³-hybridized carbons (Fsp3) is 0.333. The maximum atomic E-state index is 12.4. The number of anilines is 1. The van der Waals surface area contributed by atoms with Crippen LogP contribution in [0.15, 0.2) is 53.7 Å². The van der Waals surface area contributed by atoms with Crippen molar-refractivity contribution in [2.45, 2.75) is 44.0 Å². The van der Waals surface area contributed by atoms with Gasteiger partial charge in [0, 0.05) is 30.0 Å². The molecular formula is C18H23N3O3S. The highest BCUT2D eigenvalue weighted by molar-refractivity contribution is 7.89. The first-order valence-corrected chi connectivity index (χ1v) is 9.47. The summed E-state index contributed by atoms with van der Waals surface area (Å²) in [6.07, 6.45) is 4.27. The van der Waals surface area contributed by atoms with Crippen LogP contribution in [-0.4, -0.2) is 24.8 Å². The second kappa shape index (κ2) is 7.76. The van der Waals surface area contributed by atoms with Crippen LogP contribution >= 0.6 is 0 Å². The van der Waals surface area contributed by atoms with Gasteiger partial charge in [-0.1, -0.05) is 12.1 Å². The quantitative estimate of drug-likeness (QED) is 0.828. The van der Waals surface area contributed by atoms with Crippen molar-refractivity contribution in [2.24, 2.45) is 0 Å². The Labute approximate surface area is 148 Å². The van der Waals surface area contributed by atoms with Gasteiger partial charge in [0.05, 0.1) is 4.90 Å². The standard InChI is InChI=1S/C18H23N3O3S/c1-18(2,3)21-25(23,24)16-8-4-7-15(12-16)20-17(22)10-9-14-6-5-11-19-13-14/h4-8,11-13,21H,9-10H2,1-3H3,(H,20,22). The highest BCUT2D eigenvalue weighted by Crippen LogP contribution is 2.18. The number of hydrogen-bond donors (Lipinski definition) is 2. The molecule has 0 aliphatic heterocycles. The molecule has 2 rings (SSSR count). The molecule has 0 fully saturated rings. The maximum absolute atomic E-state index is 12.4. The van der Waals surface area contributed by atoms with Gasteiger partial charge in [-0.25, -0.2) is 13.1 Å². The van der Waals surface area contributed by atoms with Crippen LogP contribution in [0, 0.1) is 0 Å². The monoisotopic (exact) mass is 361 g/mol. The molecule has 2 aromatic rings. The van der Waals surface area contributed by atoms with Gasteiger partial charge >= 0.3 is 0 Å². The van der Waals surface area contributed by atoms with E-state index in [1.807, 2.05) is 12.1 Å². The molecule has 0 saturated carbocycles. The summed E-state index contributed by atoms with van der Waals surface area (Å²) in [4.78, 5) is 16.2. The molecule has 25 heavy (non-hydrogen) atoms. The van der Waals surface area contributed by atoms with Gasteiger partial charge < -0.3 is 5.32 Å². The number of carbonyl (C=O) groups is 1. The predicted octanol–water partition coefficient (Wildman–Crippen LogP) is 2.73. The van der Waals surface area contributed by atoms with Crippen molar-refractivity contribution in [1.82, 2.24) is 9.71 Å². The van der Waals surface area contributed by atoms with E-state index in [1.54, 1.807) is 45.3 Å². The minimum Gasteiger partial charge on any atom is -0.326 e. The molecule has 134 valence electrons. The molecule has 0 aliphatic rings. The number of hydrogen-bond acceptors (Lipinski definition) is 4. The summed E-state index contributed by atoms with van der Waals surface area (Å²) >= 11 is 0. The van der Waals surface area contributed by atoms with Crippen LogP contribution < -0.4 is 10.0 Å². The zero-order valence-corrected chi connectivity index (χ0v) is 15.4. The van der Waals surface area contributed by atoms with Gasteiger partial charge in [0.2, 0.25) is 15.9 Å². The van der Waals surface area contributed by atoms with E-state index >= 15 is 0 Å². The Hall–Kier alpha value is -2.25. The van der Waals surface area contributed by atoms with Crippen molar-refractivity contribution >= 4 is 21.6 Å². The van der Waals surface area contributed by atoms with Crippen molar-refractivity contribution in [3.8, 4) is 0 Å². The summed E-state index contributed by atoms with van der Waals surface area (Å²) in [5.74, 6) is -0.179. The Kier molecular flexibility index (Phi) is 5.92. The van der Waals surface area contributed by atoms with Gasteiger partial charge in [0.25, 0.3) is 0 Å². The second-order valence-electron chi connectivity index (χ2n) is 6.79. The van der Waals surface area contributed by atoms with Crippen LogP contribution in [0.25, 0.3) is 0 Å². The molecule has 7 heteroatoms. The number of aromatic nitrogens is 1. The lowest BCUT2D eigenvalue weighted by Gasteiger charge is -2.20. The Morgan fingerprint density at radius 1 is 1.16 bits per heavy atom. The van der Waals surface area contributed by atoms with Crippen molar-refractivity contribution in [1.29, 1.82) is 0 Å². The molecule has 2 N–H and O–H groups in total. The Bertz CT molecular complexity index is 828. The van der Waals surface area contributed by atoms with Gasteiger partial charge in [0.15, 0.2) is 0 Å². The number of carbonyl (C=O) groups excluding carboxylic acids is 1. The molecule has 1 aromatic carbocycles. The number of nitrogens with one attached hydrogen (secondary N) is 2. The third-order valence-electron chi connectivity index (χ3n) is 3.23. The van der Waals surface area contributed by atoms with Gasteiger partial charge in [-0.3, -0.25) is 9.78 Å². The first kappa shape index (κ1) is 19.1. The van der Waals surface area contributed by atoms with Gasteiger partial charge in [-0.05, 0) is 57.0 Å². The van der Waals surface area contributed by atoms with Gasteiger partial charge in [-0.15, -0.1) is 0 Å². The summed E-state index contributed by atoms with van der Waals surface area (Å²) in [6.45, 7) is 5.32. The highest BCUT2D eigenvalue weighted by atomic mass is 32.2.